The van der Waals surface area contributed by atoms with Gasteiger partial charge in [-0.2, -0.15) is 8.61 Å². The van der Waals surface area contributed by atoms with Crippen molar-refractivity contribution in [3.05, 3.63) is 64.2 Å². The molecule has 2 aromatic rings. The Labute approximate surface area is 163 Å². The van der Waals surface area contributed by atoms with Crippen molar-refractivity contribution >= 4 is 25.7 Å². The standard InChI is InChI=1S/C17H19N3O6S2/c1-13-7-9-15(10-8-13)27(23,24)18-11-14(2)19(12-18)28(25,26)17-6-4-3-5-16(17)20(21)22/h3-10,14H,11-12H2,1-2H3. The monoisotopic (exact) mass is 425 g/mol. The zero-order valence-corrected chi connectivity index (χ0v) is 16.9. The van der Waals surface area contributed by atoms with E-state index < -0.39 is 48.3 Å². The van der Waals surface area contributed by atoms with Crippen molar-refractivity contribution in [1.82, 2.24) is 8.61 Å². The summed E-state index contributed by atoms with van der Waals surface area (Å²) in [5.41, 5.74) is 0.351. The van der Waals surface area contributed by atoms with E-state index in [4.69, 9.17) is 0 Å². The summed E-state index contributed by atoms with van der Waals surface area (Å²) in [6, 6.07) is 10.6. The molecule has 0 spiro atoms. The number of nitro benzene ring substituents is 1. The first-order valence-corrected chi connectivity index (χ1v) is 11.3. The Morgan fingerprint density at radius 3 is 2.21 bits per heavy atom. The molecule has 3 rings (SSSR count). The first-order chi connectivity index (χ1) is 13.0. The topological polar surface area (TPSA) is 118 Å². The van der Waals surface area contributed by atoms with Crippen LogP contribution in [-0.2, 0) is 20.0 Å². The largest absolute Gasteiger partial charge is 0.289 e. The number of aryl methyl sites for hydroxylation is 1. The van der Waals surface area contributed by atoms with E-state index in [-0.39, 0.29) is 11.4 Å². The second kappa shape index (κ2) is 7.24. The minimum atomic E-state index is -4.26. The van der Waals surface area contributed by atoms with E-state index in [2.05, 4.69) is 0 Å². The highest BCUT2D eigenvalue weighted by molar-refractivity contribution is 7.90. The molecule has 0 saturated carbocycles. The predicted octanol–water partition coefficient (Wildman–Crippen LogP) is 1.94. The Morgan fingerprint density at radius 1 is 1.00 bits per heavy atom. The lowest BCUT2D eigenvalue weighted by Gasteiger charge is -2.20. The molecule has 9 nitrogen and oxygen atoms in total. The number of sulfonamides is 2. The molecule has 1 aliphatic heterocycles. The van der Waals surface area contributed by atoms with Crippen LogP contribution in [0.2, 0.25) is 0 Å². The fourth-order valence-corrected chi connectivity index (χ4v) is 6.32. The van der Waals surface area contributed by atoms with Crippen molar-refractivity contribution in [3.8, 4) is 0 Å². The van der Waals surface area contributed by atoms with E-state index in [1.54, 1.807) is 19.1 Å². The van der Waals surface area contributed by atoms with Crippen LogP contribution in [0.4, 0.5) is 5.69 Å². The minimum Gasteiger partial charge on any atom is -0.258 e. The summed E-state index contributed by atoms with van der Waals surface area (Å²) in [7, 11) is -8.16. The third-order valence-electron chi connectivity index (χ3n) is 4.56. The van der Waals surface area contributed by atoms with Gasteiger partial charge in [-0.25, -0.2) is 16.8 Å². The van der Waals surface area contributed by atoms with Crippen molar-refractivity contribution in [2.45, 2.75) is 29.7 Å². The van der Waals surface area contributed by atoms with Crippen LogP contribution in [0.15, 0.2) is 58.3 Å². The lowest BCUT2D eigenvalue weighted by molar-refractivity contribution is -0.387. The van der Waals surface area contributed by atoms with Crippen LogP contribution < -0.4 is 0 Å². The summed E-state index contributed by atoms with van der Waals surface area (Å²) in [6.45, 7) is 2.94. The molecule has 28 heavy (non-hydrogen) atoms. The maximum Gasteiger partial charge on any atom is 0.289 e. The quantitative estimate of drug-likeness (QED) is 0.534. The van der Waals surface area contributed by atoms with Crippen molar-refractivity contribution < 1.29 is 21.8 Å². The zero-order valence-electron chi connectivity index (χ0n) is 15.2. The molecule has 11 heteroatoms. The van der Waals surface area contributed by atoms with Crippen molar-refractivity contribution in [1.29, 1.82) is 0 Å². The second-order valence-corrected chi connectivity index (χ2v) is 10.4. The summed E-state index contributed by atoms with van der Waals surface area (Å²) >= 11 is 0. The third-order valence-corrected chi connectivity index (χ3v) is 8.37. The highest BCUT2D eigenvalue weighted by Crippen LogP contribution is 2.31. The van der Waals surface area contributed by atoms with Crippen LogP contribution in [0.1, 0.15) is 12.5 Å². The molecule has 2 aromatic carbocycles. The maximum absolute atomic E-state index is 13.0. The van der Waals surface area contributed by atoms with Crippen LogP contribution in [0, 0.1) is 17.0 Å². The SMILES string of the molecule is Cc1ccc(S(=O)(=O)N2CC(C)N(S(=O)(=O)c3ccccc3[N+](=O)[O-])C2)cc1. The number of para-hydroxylation sites is 1. The van der Waals surface area contributed by atoms with Gasteiger partial charge in [0, 0.05) is 18.7 Å². The average molecular weight is 425 g/mol. The number of nitro groups is 1. The van der Waals surface area contributed by atoms with Gasteiger partial charge in [0.15, 0.2) is 4.90 Å². The van der Waals surface area contributed by atoms with Gasteiger partial charge in [0.05, 0.1) is 16.5 Å². The van der Waals surface area contributed by atoms with Gasteiger partial charge in [0.25, 0.3) is 15.7 Å². The van der Waals surface area contributed by atoms with E-state index in [0.717, 1.165) is 26.3 Å². The molecule has 150 valence electrons. The Morgan fingerprint density at radius 2 is 1.61 bits per heavy atom. The smallest absolute Gasteiger partial charge is 0.258 e. The van der Waals surface area contributed by atoms with Gasteiger partial charge in [-0.05, 0) is 32.0 Å². The highest BCUT2D eigenvalue weighted by Gasteiger charge is 2.43. The molecular formula is C17H19N3O6S2. The molecule has 1 saturated heterocycles. The number of hydrogen-bond donors (Lipinski definition) is 0. The number of nitrogens with zero attached hydrogens (tertiary/aromatic N) is 3. The Bertz CT molecular complexity index is 1110. The molecule has 1 unspecified atom stereocenters. The van der Waals surface area contributed by atoms with Gasteiger partial charge in [-0.3, -0.25) is 10.1 Å². The normalized spacial score (nSPS) is 19.0. The fraction of sp³-hybridized carbons (Fsp3) is 0.294. The van der Waals surface area contributed by atoms with Gasteiger partial charge in [-0.1, -0.05) is 29.8 Å². The molecule has 0 amide bonds. The van der Waals surface area contributed by atoms with Gasteiger partial charge in [0.1, 0.15) is 0 Å². The maximum atomic E-state index is 13.0. The lowest BCUT2D eigenvalue weighted by atomic mass is 10.2. The van der Waals surface area contributed by atoms with Crippen LogP contribution >= 0.6 is 0 Å². The minimum absolute atomic E-state index is 0.0456. The van der Waals surface area contributed by atoms with Gasteiger partial charge < -0.3 is 0 Å². The van der Waals surface area contributed by atoms with Crippen LogP contribution in [0.25, 0.3) is 0 Å². The van der Waals surface area contributed by atoms with Crippen molar-refractivity contribution in [3.63, 3.8) is 0 Å². The van der Waals surface area contributed by atoms with E-state index >= 15 is 0 Å². The Balaban J connectivity index is 1.96. The zero-order chi connectivity index (χ0) is 20.7. The predicted molar refractivity (Wildman–Crippen MR) is 102 cm³/mol. The Kier molecular flexibility index (Phi) is 5.28. The Hall–Kier alpha value is -2.34. The van der Waals surface area contributed by atoms with Crippen LogP contribution in [0.3, 0.4) is 0 Å². The van der Waals surface area contributed by atoms with E-state index in [1.165, 1.54) is 24.3 Å². The summed E-state index contributed by atoms with van der Waals surface area (Å²) in [5, 5.41) is 11.2. The van der Waals surface area contributed by atoms with E-state index in [1.807, 2.05) is 6.92 Å². The second-order valence-electron chi connectivity index (χ2n) is 6.56. The summed E-state index contributed by atoms with van der Waals surface area (Å²) in [4.78, 5) is 10.1. The van der Waals surface area contributed by atoms with Crippen LogP contribution in [0.5, 0.6) is 0 Å². The van der Waals surface area contributed by atoms with Gasteiger partial charge in [0.2, 0.25) is 10.0 Å². The van der Waals surface area contributed by atoms with Gasteiger partial charge in [-0.15, -0.1) is 0 Å². The van der Waals surface area contributed by atoms with Crippen molar-refractivity contribution in [2.24, 2.45) is 0 Å². The summed E-state index contributed by atoms with van der Waals surface area (Å²) in [5.74, 6) is 0. The van der Waals surface area contributed by atoms with E-state index in [9.17, 15) is 26.9 Å². The molecule has 0 bridgehead atoms. The van der Waals surface area contributed by atoms with Crippen molar-refractivity contribution in [2.75, 3.05) is 13.2 Å². The first-order valence-electron chi connectivity index (χ1n) is 8.37. The lowest BCUT2D eigenvalue weighted by Crippen LogP contribution is -2.36. The molecule has 0 radical (unpaired) electrons. The van der Waals surface area contributed by atoms with E-state index in [0.29, 0.717) is 0 Å². The molecule has 0 N–H and O–H groups in total. The molecule has 0 aliphatic carbocycles. The first kappa shape index (κ1) is 20.4. The molecule has 0 aromatic heterocycles. The highest BCUT2D eigenvalue weighted by atomic mass is 32.2. The molecule has 1 atom stereocenters. The fourth-order valence-electron chi connectivity index (χ4n) is 3.04. The number of benzene rings is 2. The molecule has 1 heterocycles. The molecule has 1 aliphatic rings. The van der Waals surface area contributed by atoms with Gasteiger partial charge >= 0.3 is 0 Å². The number of rotatable bonds is 5. The summed E-state index contributed by atoms with van der Waals surface area (Å²) < 4.78 is 53.8. The molecule has 1 fully saturated rings. The molecular weight excluding hydrogens is 406 g/mol. The van der Waals surface area contributed by atoms with Crippen LogP contribution in [-0.4, -0.2) is 49.6 Å². The number of hydrogen-bond acceptors (Lipinski definition) is 6. The summed E-state index contributed by atoms with van der Waals surface area (Å²) in [6.07, 6.45) is 0. The third kappa shape index (κ3) is 3.53. The average Bonchev–Trinajstić information content (AvgIpc) is 3.05.